The number of carbonyl (C=O) groups is 1. The normalized spacial score (nSPS) is 12.4. The lowest BCUT2D eigenvalue weighted by molar-refractivity contribution is 0.0961. The topological polar surface area (TPSA) is 79.1 Å². The lowest BCUT2D eigenvalue weighted by Gasteiger charge is -2.02. The first kappa shape index (κ1) is 14.8. The standard InChI is InChI=1S/C16H11BrN4O3/c17-12-4-2-1-3-11(12)16-18-20-21(19-16)8-13(22)10-5-6-14-15(7-10)24-9-23-14/h1-7H,8-9H2. The highest BCUT2D eigenvalue weighted by Crippen LogP contribution is 2.32. The maximum atomic E-state index is 12.4. The van der Waals surface area contributed by atoms with E-state index in [-0.39, 0.29) is 19.1 Å². The van der Waals surface area contributed by atoms with Gasteiger partial charge in [0.25, 0.3) is 0 Å². The molecule has 0 bridgehead atoms. The van der Waals surface area contributed by atoms with Crippen LogP contribution < -0.4 is 9.47 Å². The molecule has 2 heterocycles. The smallest absolute Gasteiger partial charge is 0.231 e. The van der Waals surface area contributed by atoms with Crippen molar-refractivity contribution in [3.63, 3.8) is 0 Å². The maximum absolute atomic E-state index is 12.4. The molecule has 3 aromatic rings. The summed E-state index contributed by atoms with van der Waals surface area (Å²) >= 11 is 3.45. The fraction of sp³-hybridized carbons (Fsp3) is 0.125. The highest BCUT2D eigenvalue weighted by molar-refractivity contribution is 9.10. The van der Waals surface area contributed by atoms with E-state index in [1.54, 1.807) is 18.2 Å². The summed E-state index contributed by atoms with van der Waals surface area (Å²) in [7, 11) is 0. The number of halogens is 1. The Morgan fingerprint density at radius 2 is 2.00 bits per heavy atom. The van der Waals surface area contributed by atoms with Crippen molar-refractivity contribution in [2.75, 3.05) is 6.79 Å². The SMILES string of the molecule is O=C(Cn1nnc(-c2ccccc2Br)n1)c1ccc2c(c1)OCO2. The fourth-order valence-electron chi connectivity index (χ4n) is 2.35. The molecule has 0 unspecified atom stereocenters. The van der Waals surface area contributed by atoms with Crippen molar-refractivity contribution in [2.24, 2.45) is 0 Å². The van der Waals surface area contributed by atoms with Gasteiger partial charge in [-0.25, -0.2) is 0 Å². The quantitative estimate of drug-likeness (QED) is 0.641. The molecule has 4 rings (SSSR count). The van der Waals surface area contributed by atoms with Gasteiger partial charge >= 0.3 is 0 Å². The molecular weight excluding hydrogens is 376 g/mol. The molecule has 0 amide bonds. The first-order valence-electron chi connectivity index (χ1n) is 7.16. The molecule has 1 aliphatic rings. The van der Waals surface area contributed by atoms with Crippen LogP contribution in [0.2, 0.25) is 0 Å². The largest absolute Gasteiger partial charge is 0.454 e. The molecule has 2 aromatic carbocycles. The predicted octanol–water partition coefficient (Wildman–Crippen LogP) is 2.71. The van der Waals surface area contributed by atoms with Crippen LogP contribution in [-0.4, -0.2) is 32.8 Å². The Kier molecular flexibility index (Phi) is 3.73. The van der Waals surface area contributed by atoms with E-state index in [2.05, 4.69) is 31.3 Å². The van der Waals surface area contributed by atoms with Crippen molar-refractivity contribution in [2.45, 2.75) is 6.54 Å². The van der Waals surface area contributed by atoms with Gasteiger partial charge in [-0.3, -0.25) is 4.79 Å². The van der Waals surface area contributed by atoms with Crippen LogP contribution >= 0.6 is 15.9 Å². The van der Waals surface area contributed by atoms with Gasteiger partial charge in [0.15, 0.2) is 17.3 Å². The first-order chi connectivity index (χ1) is 11.7. The maximum Gasteiger partial charge on any atom is 0.231 e. The Morgan fingerprint density at radius 1 is 1.17 bits per heavy atom. The number of ether oxygens (including phenoxy) is 2. The van der Waals surface area contributed by atoms with Crippen LogP contribution in [0.1, 0.15) is 10.4 Å². The number of rotatable bonds is 4. The van der Waals surface area contributed by atoms with Gasteiger partial charge in [-0.2, -0.15) is 4.80 Å². The minimum Gasteiger partial charge on any atom is -0.454 e. The molecule has 0 radical (unpaired) electrons. The second kappa shape index (κ2) is 6.04. The summed E-state index contributed by atoms with van der Waals surface area (Å²) in [6.45, 7) is 0.171. The van der Waals surface area contributed by atoms with E-state index >= 15 is 0 Å². The van der Waals surface area contributed by atoms with Crippen LogP contribution in [0.5, 0.6) is 11.5 Å². The van der Waals surface area contributed by atoms with Crippen molar-refractivity contribution in [3.05, 3.63) is 52.5 Å². The van der Waals surface area contributed by atoms with E-state index in [0.717, 1.165) is 10.0 Å². The third-order valence-corrected chi connectivity index (χ3v) is 4.24. The third kappa shape index (κ3) is 2.76. The van der Waals surface area contributed by atoms with Crippen LogP contribution in [0.25, 0.3) is 11.4 Å². The molecule has 8 heteroatoms. The molecule has 24 heavy (non-hydrogen) atoms. The van der Waals surface area contributed by atoms with E-state index in [1.165, 1.54) is 4.80 Å². The molecule has 0 N–H and O–H groups in total. The number of nitrogens with zero attached hydrogens (tertiary/aromatic N) is 4. The van der Waals surface area contributed by atoms with Crippen LogP contribution in [0.4, 0.5) is 0 Å². The molecule has 120 valence electrons. The summed E-state index contributed by atoms with van der Waals surface area (Å²) in [5.41, 5.74) is 1.33. The van der Waals surface area contributed by atoms with Crippen LogP contribution in [0.15, 0.2) is 46.9 Å². The zero-order valence-corrected chi connectivity index (χ0v) is 13.9. The van der Waals surface area contributed by atoms with E-state index in [1.807, 2.05) is 24.3 Å². The number of hydrogen-bond acceptors (Lipinski definition) is 6. The Morgan fingerprint density at radius 3 is 2.88 bits per heavy atom. The monoisotopic (exact) mass is 386 g/mol. The average molecular weight is 387 g/mol. The lowest BCUT2D eigenvalue weighted by atomic mass is 10.1. The average Bonchev–Trinajstić information content (AvgIpc) is 3.23. The molecule has 1 aliphatic heterocycles. The van der Waals surface area contributed by atoms with Crippen LogP contribution in [0, 0.1) is 0 Å². The molecule has 1 aromatic heterocycles. The van der Waals surface area contributed by atoms with Crippen molar-refractivity contribution >= 4 is 21.7 Å². The van der Waals surface area contributed by atoms with Gasteiger partial charge in [-0.1, -0.05) is 28.1 Å². The molecule has 0 saturated heterocycles. The van der Waals surface area contributed by atoms with Gasteiger partial charge in [0.1, 0.15) is 6.54 Å². The van der Waals surface area contributed by atoms with Gasteiger partial charge in [-0.05, 0) is 35.5 Å². The van der Waals surface area contributed by atoms with Crippen LogP contribution in [-0.2, 0) is 6.54 Å². The molecule has 0 saturated carbocycles. The van der Waals surface area contributed by atoms with E-state index < -0.39 is 0 Å². The molecule has 0 fully saturated rings. The molecule has 0 atom stereocenters. The van der Waals surface area contributed by atoms with E-state index in [0.29, 0.717) is 22.9 Å². The van der Waals surface area contributed by atoms with Crippen molar-refractivity contribution in [1.82, 2.24) is 20.2 Å². The highest BCUT2D eigenvalue weighted by Gasteiger charge is 2.17. The predicted molar refractivity (Wildman–Crippen MR) is 87.8 cm³/mol. The number of Topliss-reactive ketones (excluding diaryl/α,β-unsaturated/α-hetero) is 1. The summed E-state index contributed by atoms with van der Waals surface area (Å²) in [5.74, 6) is 1.54. The summed E-state index contributed by atoms with van der Waals surface area (Å²) in [4.78, 5) is 13.7. The zero-order chi connectivity index (χ0) is 16.5. The fourth-order valence-corrected chi connectivity index (χ4v) is 2.81. The molecule has 7 nitrogen and oxygen atoms in total. The van der Waals surface area contributed by atoms with Gasteiger partial charge in [0, 0.05) is 15.6 Å². The zero-order valence-electron chi connectivity index (χ0n) is 12.3. The van der Waals surface area contributed by atoms with Gasteiger partial charge in [0.2, 0.25) is 12.6 Å². The number of aromatic nitrogens is 4. The summed E-state index contributed by atoms with van der Waals surface area (Å²) in [6, 6.07) is 12.6. The summed E-state index contributed by atoms with van der Waals surface area (Å²) in [5, 5.41) is 12.2. The van der Waals surface area contributed by atoms with Gasteiger partial charge < -0.3 is 9.47 Å². The number of ketones is 1. The Hall–Kier alpha value is -2.74. The van der Waals surface area contributed by atoms with E-state index in [4.69, 9.17) is 9.47 Å². The summed E-state index contributed by atoms with van der Waals surface area (Å²) < 4.78 is 11.4. The second-order valence-corrected chi connectivity index (χ2v) is 5.97. The number of tetrazole rings is 1. The van der Waals surface area contributed by atoms with Crippen molar-refractivity contribution < 1.29 is 14.3 Å². The van der Waals surface area contributed by atoms with Crippen molar-refractivity contribution in [1.29, 1.82) is 0 Å². The number of benzene rings is 2. The van der Waals surface area contributed by atoms with E-state index in [9.17, 15) is 4.79 Å². The second-order valence-electron chi connectivity index (χ2n) is 5.11. The number of hydrogen-bond donors (Lipinski definition) is 0. The Balaban J connectivity index is 1.54. The van der Waals surface area contributed by atoms with Gasteiger partial charge in [-0.15, -0.1) is 10.2 Å². The lowest BCUT2D eigenvalue weighted by Crippen LogP contribution is -2.13. The minimum absolute atomic E-state index is 0.00288. The Labute approximate surface area is 145 Å². The summed E-state index contributed by atoms with van der Waals surface area (Å²) in [6.07, 6.45) is 0. The minimum atomic E-state index is -0.135. The van der Waals surface area contributed by atoms with Gasteiger partial charge in [0.05, 0.1) is 0 Å². The number of fused-ring (bicyclic) bond motifs is 1. The molecular formula is C16H11BrN4O3. The Bertz CT molecular complexity index is 925. The van der Waals surface area contributed by atoms with Crippen LogP contribution in [0.3, 0.4) is 0 Å². The number of carbonyl (C=O) groups excluding carboxylic acids is 1. The van der Waals surface area contributed by atoms with Crippen molar-refractivity contribution in [3.8, 4) is 22.9 Å². The first-order valence-corrected chi connectivity index (χ1v) is 7.95. The molecule has 0 spiro atoms. The highest BCUT2D eigenvalue weighted by atomic mass is 79.9. The molecule has 0 aliphatic carbocycles. The third-order valence-electron chi connectivity index (χ3n) is 3.55.